The number of rotatable bonds is 14. The second-order valence-electron chi connectivity index (χ2n) is 8.21. The molecule has 0 saturated heterocycles. The Morgan fingerprint density at radius 1 is 0.643 bits per heavy atom. The number of hydrazone groups is 3. The van der Waals surface area contributed by atoms with Crippen LogP contribution in [0, 0.1) is 0 Å². The van der Waals surface area contributed by atoms with Gasteiger partial charge < -0.3 is 4.74 Å². The van der Waals surface area contributed by atoms with Crippen molar-refractivity contribution in [3.63, 3.8) is 0 Å². The number of methoxy groups -OCH3 is 1. The predicted molar refractivity (Wildman–Crippen MR) is 188 cm³/mol. The molecule has 9 nitrogen and oxygen atoms in total. The van der Waals surface area contributed by atoms with E-state index < -0.39 is 19.0 Å². The molecule has 0 aliphatic heterocycles. The molecule has 0 aliphatic rings. The summed E-state index contributed by atoms with van der Waals surface area (Å²) >= 11 is 27.9. The largest absolute Gasteiger partial charge is 0.540 e. The third kappa shape index (κ3) is 11.4. The lowest BCUT2D eigenvalue weighted by Gasteiger charge is -2.15. The van der Waals surface area contributed by atoms with Crippen molar-refractivity contribution in [2.75, 3.05) is 28.3 Å². The number of nitrogens with zero attached hydrogens (tertiary/aromatic N) is 6. The highest BCUT2D eigenvalue weighted by molar-refractivity contribution is 8.37. The first-order valence-corrected chi connectivity index (χ1v) is 20.9. The first-order chi connectivity index (χ1) is 19.9. The van der Waals surface area contributed by atoms with Gasteiger partial charge in [-0.3, -0.25) is 9.05 Å². The Bertz CT molecular complexity index is 1510. The number of hydrogen-bond acceptors (Lipinski definition) is 9. The maximum absolute atomic E-state index is 5.94. The van der Waals surface area contributed by atoms with Crippen LogP contribution in [0.25, 0.3) is 0 Å². The van der Waals surface area contributed by atoms with Gasteiger partial charge in [0.2, 0.25) is 28.5 Å². The Labute approximate surface area is 272 Å². The Morgan fingerprint density at radius 3 is 1.31 bits per heavy atom. The van der Waals surface area contributed by atoms with Gasteiger partial charge >= 0.3 is 14.1 Å². The minimum atomic E-state index is -2.65. The van der Waals surface area contributed by atoms with Crippen LogP contribution in [0.1, 0.15) is 16.7 Å². The summed E-state index contributed by atoms with van der Waals surface area (Å²) in [6.45, 7) is 0. The van der Waals surface area contributed by atoms with Crippen LogP contribution >= 0.6 is 41.5 Å². The number of ether oxygens (including phenoxy) is 1. The van der Waals surface area contributed by atoms with Crippen LogP contribution in [-0.2, 0) is 35.4 Å². The van der Waals surface area contributed by atoms with Crippen molar-refractivity contribution in [3.05, 3.63) is 89.5 Å². The van der Waals surface area contributed by atoms with Gasteiger partial charge in [-0.15, -0.1) is 10.2 Å². The van der Waals surface area contributed by atoms with Gasteiger partial charge in [-0.05, 0) is 124 Å². The molecule has 0 heterocycles. The third-order valence-electron chi connectivity index (χ3n) is 5.17. The molecule has 0 aliphatic carbocycles. The molecule has 0 N–H and O–H groups in total. The molecule has 220 valence electrons. The van der Waals surface area contributed by atoms with E-state index in [0.717, 1.165) is 22.4 Å². The van der Waals surface area contributed by atoms with Crippen molar-refractivity contribution in [2.45, 2.75) is 0 Å². The Morgan fingerprint density at radius 2 is 0.976 bits per heavy atom. The number of hydrogen-bond donors (Lipinski definition) is 0. The molecule has 17 heteroatoms. The van der Waals surface area contributed by atoms with Crippen LogP contribution in [0.3, 0.4) is 0 Å². The molecule has 0 fully saturated rings. The highest BCUT2D eigenvalue weighted by Crippen LogP contribution is 2.59. The van der Waals surface area contributed by atoms with Crippen molar-refractivity contribution in [1.29, 1.82) is 0 Å². The molecule has 0 amide bonds. The van der Waals surface area contributed by atoms with E-state index >= 15 is 0 Å². The predicted octanol–water partition coefficient (Wildman–Crippen LogP) is 7.90. The molecular formula is C25H27Cl2N6O3P3S3+2. The van der Waals surface area contributed by atoms with Crippen LogP contribution in [0.2, 0.25) is 0 Å². The van der Waals surface area contributed by atoms with Crippen LogP contribution in [0.5, 0.6) is 17.2 Å². The van der Waals surface area contributed by atoms with E-state index in [1.165, 1.54) is 4.78 Å². The fourth-order valence-electron chi connectivity index (χ4n) is 2.81. The van der Waals surface area contributed by atoms with Gasteiger partial charge in [0.05, 0.1) is 39.8 Å². The zero-order valence-corrected chi connectivity index (χ0v) is 29.5. The quantitative estimate of drug-likeness (QED) is 0.0940. The lowest BCUT2D eigenvalue weighted by Crippen LogP contribution is -2.04. The molecule has 0 bridgehead atoms. The van der Waals surface area contributed by atoms with E-state index in [-0.39, 0.29) is 0 Å². The molecule has 0 spiro atoms. The molecule has 0 saturated carbocycles. The summed E-state index contributed by atoms with van der Waals surface area (Å²) in [5.41, 5.74) is 2.62. The first-order valence-electron chi connectivity index (χ1n) is 11.9. The summed E-state index contributed by atoms with van der Waals surface area (Å²) in [7, 11) is 3.98. The average molecular weight is 720 g/mol. The topological polar surface area (TPSA) is 74.5 Å². The van der Waals surface area contributed by atoms with Crippen LogP contribution in [0.4, 0.5) is 0 Å². The fraction of sp³-hybridized carbons (Fsp3) is 0.160. The van der Waals surface area contributed by atoms with Gasteiger partial charge in [0, 0.05) is 7.05 Å². The fourth-order valence-corrected chi connectivity index (χ4v) is 5.23. The Kier molecular flexibility index (Phi) is 13.5. The number of benzene rings is 3. The Balaban J connectivity index is 1.48. The monoisotopic (exact) mass is 718 g/mol. The molecule has 2 atom stereocenters. The Hall–Kier alpha value is -2.26. The van der Waals surface area contributed by atoms with Crippen LogP contribution < -0.4 is 13.8 Å². The standard InChI is InChI=1S/C25H27Cl2N6O3P3S3/c1-31(28-17-20-5-11-23(34-4)12-6-20)37(40)35-24-13-7-21(8-14-24)18-29-32(2)38(41)36-25-15-9-22(10-16-25)19-30-33(3)39(26,27)42/h5-19H,1-4H3/q+2/b28-17+,29-18+,30-19+. The van der Waals surface area contributed by atoms with Crippen LogP contribution in [0.15, 0.2) is 88.1 Å². The van der Waals surface area contributed by atoms with Gasteiger partial charge in [0.15, 0.2) is 11.5 Å². The van der Waals surface area contributed by atoms with E-state index in [4.69, 9.17) is 71.7 Å². The highest BCUT2D eigenvalue weighted by atomic mass is 35.9. The SMILES string of the molecule is COc1ccc(/C=N/N(C)[P+](=S)Oc2ccc(/C=N/N(C)[P+](=S)Oc3ccc(/C=N/N(C)P(=S)(Cl)Cl)cc3)cc2)cc1. The summed E-state index contributed by atoms with van der Waals surface area (Å²) in [6, 6.07) is 22.2. The molecule has 3 aromatic carbocycles. The molecule has 42 heavy (non-hydrogen) atoms. The third-order valence-corrected chi connectivity index (χ3v) is 11.7. The number of halogens is 2. The summed E-state index contributed by atoms with van der Waals surface area (Å²) in [5.74, 6) is 2.04. The second-order valence-corrected chi connectivity index (χ2v) is 20.2. The van der Waals surface area contributed by atoms with Crippen molar-refractivity contribution >= 4 is 95.6 Å². The maximum Gasteiger partial charge on any atom is 0.540 e. The van der Waals surface area contributed by atoms with E-state index in [9.17, 15) is 0 Å². The summed E-state index contributed by atoms with van der Waals surface area (Å²) in [5, 5.41) is 13.0. The van der Waals surface area contributed by atoms with Gasteiger partial charge in [-0.25, -0.2) is 4.78 Å². The summed E-state index contributed by atoms with van der Waals surface area (Å²) in [6.07, 6.45) is 5.03. The normalized spacial score (nSPS) is 12.4. The van der Waals surface area contributed by atoms with Crippen molar-refractivity contribution in [2.24, 2.45) is 15.3 Å². The molecular weight excluding hydrogens is 692 g/mol. The smallest absolute Gasteiger partial charge is 0.497 e. The van der Waals surface area contributed by atoms with Gasteiger partial charge in [0.1, 0.15) is 5.75 Å². The van der Waals surface area contributed by atoms with E-state index in [1.807, 2.05) is 60.7 Å². The molecule has 3 rings (SSSR count). The second kappa shape index (κ2) is 16.6. The van der Waals surface area contributed by atoms with Crippen molar-refractivity contribution in [3.8, 4) is 17.2 Å². The minimum absolute atomic E-state index is 0.615. The highest BCUT2D eigenvalue weighted by Gasteiger charge is 2.21. The van der Waals surface area contributed by atoms with Gasteiger partial charge in [-0.2, -0.15) is 5.10 Å². The zero-order valence-electron chi connectivity index (χ0n) is 22.9. The minimum Gasteiger partial charge on any atom is -0.497 e. The van der Waals surface area contributed by atoms with Gasteiger partial charge in [0.25, 0.3) is 0 Å². The van der Waals surface area contributed by atoms with E-state index in [2.05, 4.69) is 15.3 Å². The lowest BCUT2D eigenvalue weighted by molar-refractivity contribution is 0.415. The van der Waals surface area contributed by atoms with Crippen molar-refractivity contribution in [1.82, 2.24) is 14.3 Å². The average Bonchev–Trinajstić information content (AvgIpc) is 2.98. The maximum atomic E-state index is 5.94. The van der Waals surface area contributed by atoms with E-state index in [1.54, 1.807) is 68.6 Å². The zero-order chi connectivity index (χ0) is 30.7. The summed E-state index contributed by atoms with van der Waals surface area (Å²) in [4.78, 5) is -2.65. The molecule has 0 aromatic heterocycles. The molecule has 2 unspecified atom stereocenters. The van der Waals surface area contributed by atoms with Crippen LogP contribution in [-0.4, -0.2) is 61.2 Å². The van der Waals surface area contributed by atoms with Gasteiger partial charge in [-0.1, -0.05) is 9.56 Å². The van der Waals surface area contributed by atoms with E-state index in [0.29, 0.717) is 11.5 Å². The molecule has 0 radical (unpaired) electrons. The van der Waals surface area contributed by atoms with Crippen molar-refractivity contribution < 1.29 is 13.8 Å². The summed E-state index contributed by atoms with van der Waals surface area (Å²) < 4.78 is 21.5. The first kappa shape index (κ1) is 34.2. The lowest BCUT2D eigenvalue weighted by atomic mass is 10.2. The molecule has 3 aromatic rings.